The number of aromatic amines is 1. The molecule has 0 radical (unpaired) electrons. The molecule has 0 atom stereocenters. The van der Waals surface area contributed by atoms with Crippen LogP contribution in [0.2, 0.25) is 0 Å². The Bertz CT molecular complexity index is 577. The van der Waals surface area contributed by atoms with E-state index in [-0.39, 0.29) is 5.56 Å². The average Bonchev–Trinajstić information content (AvgIpc) is 2.72. The lowest BCUT2D eigenvalue weighted by molar-refractivity contribution is 0.815. The smallest absolute Gasteiger partial charge is 0.251 e. The summed E-state index contributed by atoms with van der Waals surface area (Å²) in [5.41, 5.74) is 1.81. The molecule has 0 aliphatic heterocycles. The number of aryl methyl sites for hydroxylation is 2. The molecule has 18 heavy (non-hydrogen) atoms. The Balaban J connectivity index is 2.06. The lowest BCUT2D eigenvalue weighted by Crippen LogP contribution is -2.09. The maximum atomic E-state index is 11.5. The minimum Gasteiger partial charge on any atom is -0.301 e. The molecule has 2 aromatic rings. The van der Waals surface area contributed by atoms with E-state index in [0.29, 0.717) is 5.16 Å². The Hall–Kier alpha value is -1.14. The molecule has 4 nitrogen and oxygen atoms in total. The van der Waals surface area contributed by atoms with E-state index in [9.17, 15) is 4.79 Å². The number of hydrogen-bond donors (Lipinski definition) is 1. The van der Waals surface area contributed by atoms with Crippen molar-refractivity contribution in [1.82, 2.24) is 15.0 Å². The van der Waals surface area contributed by atoms with E-state index in [1.807, 2.05) is 12.3 Å². The van der Waals surface area contributed by atoms with Gasteiger partial charge in [-0.2, -0.15) is 0 Å². The van der Waals surface area contributed by atoms with E-state index in [4.69, 9.17) is 0 Å². The van der Waals surface area contributed by atoms with E-state index in [1.165, 1.54) is 11.8 Å². The van der Waals surface area contributed by atoms with Crippen molar-refractivity contribution in [3.8, 4) is 0 Å². The summed E-state index contributed by atoms with van der Waals surface area (Å²) >= 11 is 3.16. The number of nitrogens with one attached hydrogen (secondary N) is 1. The number of hydrogen-bond acceptors (Lipinski definition) is 5. The summed E-state index contributed by atoms with van der Waals surface area (Å²) in [4.78, 5) is 23.0. The molecule has 0 aromatic carbocycles. The predicted molar refractivity (Wildman–Crippen MR) is 75.3 cm³/mol. The largest absolute Gasteiger partial charge is 0.301 e. The van der Waals surface area contributed by atoms with Crippen LogP contribution < -0.4 is 5.56 Å². The first-order valence-electron chi connectivity index (χ1n) is 5.81. The fourth-order valence-corrected chi connectivity index (χ4v) is 3.06. The van der Waals surface area contributed by atoms with Gasteiger partial charge in [-0.25, -0.2) is 9.97 Å². The van der Waals surface area contributed by atoms with Crippen LogP contribution in [0.1, 0.15) is 29.7 Å². The standard InChI is InChI=1S/C12H15N3OS2/c1-3-4-9-5-11(16)15-12(14-9)18-7-10-6-17-8(2)13-10/h5-6H,3-4,7H2,1-2H3,(H,14,15,16). The van der Waals surface area contributed by atoms with E-state index in [0.717, 1.165) is 35.0 Å². The molecule has 0 saturated heterocycles. The quantitative estimate of drug-likeness (QED) is 0.676. The lowest BCUT2D eigenvalue weighted by Gasteiger charge is -2.02. The van der Waals surface area contributed by atoms with Gasteiger partial charge in [0.2, 0.25) is 0 Å². The summed E-state index contributed by atoms with van der Waals surface area (Å²) in [6.07, 6.45) is 1.83. The highest BCUT2D eigenvalue weighted by molar-refractivity contribution is 7.98. The molecule has 0 unspecified atom stereocenters. The van der Waals surface area contributed by atoms with Crippen LogP contribution in [-0.2, 0) is 12.2 Å². The molecule has 0 spiro atoms. The first-order chi connectivity index (χ1) is 8.67. The van der Waals surface area contributed by atoms with Gasteiger partial charge in [-0.15, -0.1) is 11.3 Å². The molecule has 0 aliphatic rings. The van der Waals surface area contributed by atoms with Crippen LogP contribution in [-0.4, -0.2) is 15.0 Å². The van der Waals surface area contributed by atoms with E-state index in [1.54, 1.807) is 17.4 Å². The van der Waals surface area contributed by atoms with Crippen LogP contribution in [0, 0.1) is 6.92 Å². The third-order valence-electron chi connectivity index (χ3n) is 2.30. The zero-order valence-electron chi connectivity index (χ0n) is 10.4. The van der Waals surface area contributed by atoms with Gasteiger partial charge in [0, 0.05) is 22.9 Å². The van der Waals surface area contributed by atoms with Crippen LogP contribution in [0.15, 0.2) is 21.4 Å². The van der Waals surface area contributed by atoms with Gasteiger partial charge in [0.25, 0.3) is 5.56 Å². The molecule has 6 heteroatoms. The number of thioether (sulfide) groups is 1. The number of aromatic nitrogens is 3. The summed E-state index contributed by atoms with van der Waals surface area (Å²) in [6, 6.07) is 1.57. The second-order valence-corrected chi connectivity index (χ2v) is 5.96. The minimum atomic E-state index is -0.0783. The average molecular weight is 281 g/mol. The lowest BCUT2D eigenvalue weighted by atomic mass is 10.2. The third kappa shape index (κ3) is 3.68. The fraction of sp³-hybridized carbons (Fsp3) is 0.417. The van der Waals surface area contributed by atoms with Crippen molar-refractivity contribution >= 4 is 23.1 Å². The van der Waals surface area contributed by atoms with Crippen LogP contribution in [0.25, 0.3) is 0 Å². The third-order valence-corrected chi connectivity index (χ3v) is 4.03. The molecule has 0 saturated carbocycles. The Morgan fingerprint density at radius 1 is 1.39 bits per heavy atom. The van der Waals surface area contributed by atoms with Gasteiger partial charge in [0.1, 0.15) is 0 Å². The minimum absolute atomic E-state index is 0.0783. The summed E-state index contributed by atoms with van der Waals surface area (Å²) in [5.74, 6) is 0.739. The van der Waals surface area contributed by atoms with E-state index in [2.05, 4.69) is 21.9 Å². The second kappa shape index (κ2) is 6.15. The molecule has 2 rings (SSSR count). The van der Waals surface area contributed by atoms with E-state index < -0.39 is 0 Å². The van der Waals surface area contributed by atoms with Gasteiger partial charge in [-0.1, -0.05) is 25.1 Å². The Labute approximate surface area is 114 Å². The molecule has 96 valence electrons. The maximum absolute atomic E-state index is 11.5. The normalized spacial score (nSPS) is 10.8. The van der Waals surface area contributed by atoms with Crippen molar-refractivity contribution in [2.45, 2.75) is 37.6 Å². The molecule has 2 aromatic heterocycles. The van der Waals surface area contributed by atoms with Crippen molar-refractivity contribution in [2.75, 3.05) is 0 Å². The van der Waals surface area contributed by atoms with Crippen LogP contribution >= 0.6 is 23.1 Å². The topological polar surface area (TPSA) is 58.6 Å². The van der Waals surface area contributed by atoms with Crippen molar-refractivity contribution in [3.05, 3.63) is 38.2 Å². The predicted octanol–water partition coefficient (Wildman–Crippen LogP) is 2.78. The van der Waals surface area contributed by atoms with Crippen molar-refractivity contribution < 1.29 is 0 Å². The zero-order chi connectivity index (χ0) is 13.0. The molecule has 2 heterocycles. The zero-order valence-corrected chi connectivity index (χ0v) is 12.0. The first-order valence-corrected chi connectivity index (χ1v) is 7.68. The Morgan fingerprint density at radius 2 is 2.22 bits per heavy atom. The van der Waals surface area contributed by atoms with Gasteiger partial charge in [-0.3, -0.25) is 4.79 Å². The molecular weight excluding hydrogens is 266 g/mol. The number of H-pyrrole nitrogens is 1. The van der Waals surface area contributed by atoms with Crippen molar-refractivity contribution in [1.29, 1.82) is 0 Å². The van der Waals surface area contributed by atoms with Crippen LogP contribution in [0.5, 0.6) is 0 Å². The summed E-state index contributed by atoms with van der Waals surface area (Å²) in [5, 5.41) is 3.78. The van der Waals surface area contributed by atoms with E-state index >= 15 is 0 Å². The second-order valence-electron chi connectivity index (χ2n) is 3.94. The van der Waals surface area contributed by atoms with Gasteiger partial charge in [0.05, 0.1) is 10.7 Å². The molecular formula is C12H15N3OS2. The molecule has 0 aliphatic carbocycles. The number of rotatable bonds is 5. The summed E-state index contributed by atoms with van der Waals surface area (Å²) in [7, 11) is 0. The SMILES string of the molecule is CCCc1cc(=O)[nH]c(SCc2csc(C)n2)n1. The molecule has 0 fully saturated rings. The van der Waals surface area contributed by atoms with Gasteiger partial charge in [0.15, 0.2) is 5.16 Å². The molecule has 0 bridgehead atoms. The highest BCUT2D eigenvalue weighted by atomic mass is 32.2. The monoisotopic (exact) mass is 281 g/mol. The highest BCUT2D eigenvalue weighted by Gasteiger charge is 2.04. The fourth-order valence-electron chi connectivity index (χ4n) is 1.55. The number of thiazole rings is 1. The summed E-state index contributed by atoms with van der Waals surface area (Å²) in [6.45, 7) is 4.06. The maximum Gasteiger partial charge on any atom is 0.251 e. The van der Waals surface area contributed by atoms with Gasteiger partial charge >= 0.3 is 0 Å². The van der Waals surface area contributed by atoms with Crippen LogP contribution in [0.4, 0.5) is 0 Å². The van der Waals surface area contributed by atoms with Crippen LogP contribution in [0.3, 0.4) is 0 Å². The highest BCUT2D eigenvalue weighted by Crippen LogP contribution is 2.19. The molecule has 0 amide bonds. The first kappa shape index (κ1) is 13.3. The Kier molecular flexibility index (Phi) is 4.54. The number of nitrogens with zero attached hydrogens (tertiary/aromatic N) is 2. The van der Waals surface area contributed by atoms with Gasteiger partial charge < -0.3 is 4.98 Å². The van der Waals surface area contributed by atoms with Gasteiger partial charge in [-0.05, 0) is 13.3 Å². The summed E-state index contributed by atoms with van der Waals surface area (Å²) < 4.78 is 0. The Morgan fingerprint density at radius 3 is 2.89 bits per heavy atom. The van der Waals surface area contributed by atoms with Crippen molar-refractivity contribution in [3.63, 3.8) is 0 Å². The molecule has 1 N–H and O–H groups in total. The van der Waals surface area contributed by atoms with Crippen molar-refractivity contribution in [2.24, 2.45) is 0 Å².